The Morgan fingerprint density at radius 3 is 2.78 bits per heavy atom. The topological polar surface area (TPSA) is 44.8 Å². The number of rotatable bonds is 5. The zero-order valence-corrected chi connectivity index (χ0v) is 14.6. The highest BCUT2D eigenvalue weighted by Gasteiger charge is 2.42. The third kappa shape index (κ3) is 4.38. The minimum atomic E-state index is 0.179. The number of nitrogens with one attached hydrogen (secondary N) is 1. The Kier molecular flexibility index (Phi) is 6.17. The molecule has 0 spiro atoms. The van der Waals surface area contributed by atoms with Gasteiger partial charge in [-0.25, -0.2) is 4.79 Å². The Bertz CT molecular complexity index is 384. The molecule has 2 saturated heterocycles. The number of ether oxygens (including phenoxy) is 1. The van der Waals surface area contributed by atoms with E-state index in [1.165, 1.54) is 32.1 Å². The van der Waals surface area contributed by atoms with Crippen LogP contribution in [0.5, 0.6) is 0 Å². The Morgan fingerprint density at radius 1 is 1.17 bits per heavy atom. The molecule has 0 aromatic carbocycles. The molecule has 1 saturated carbocycles. The number of amides is 2. The lowest BCUT2D eigenvalue weighted by Crippen LogP contribution is -2.48. The van der Waals surface area contributed by atoms with Crippen LogP contribution < -0.4 is 5.32 Å². The van der Waals surface area contributed by atoms with Crippen molar-refractivity contribution in [3.05, 3.63) is 0 Å². The fraction of sp³-hybridized carbons (Fsp3) is 0.944. The number of nitrogens with zero attached hydrogens (tertiary/aromatic N) is 2. The zero-order chi connectivity index (χ0) is 16.1. The summed E-state index contributed by atoms with van der Waals surface area (Å²) in [6, 6.07) is 1.10. The lowest BCUT2D eigenvalue weighted by molar-refractivity contribution is 0.0372. The monoisotopic (exact) mass is 323 g/mol. The van der Waals surface area contributed by atoms with Crippen molar-refractivity contribution in [3.8, 4) is 0 Å². The molecule has 5 heteroatoms. The molecule has 2 aliphatic heterocycles. The number of unbranched alkanes of at least 4 members (excludes halogenated alkanes) is 1. The van der Waals surface area contributed by atoms with Crippen LogP contribution in [0, 0.1) is 5.92 Å². The van der Waals surface area contributed by atoms with E-state index < -0.39 is 0 Å². The van der Waals surface area contributed by atoms with Crippen LogP contribution in [0.3, 0.4) is 0 Å². The van der Waals surface area contributed by atoms with Crippen molar-refractivity contribution in [3.63, 3.8) is 0 Å². The number of hydrogen-bond acceptors (Lipinski definition) is 3. The zero-order valence-electron chi connectivity index (χ0n) is 14.6. The average molecular weight is 323 g/mol. The highest BCUT2D eigenvalue weighted by Crippen LogP contribution is 2.39. The van der Waals surface area contributed by atoms with E-state index in [1.54, 1.807) is 0 Å². The van der Waals surface area contributed by atoms with Crippen LogP contribution in [0.2, 0.25) is 0 Å². The molecule has 23 heavy (non-hydrogen) atoms. The molecule has 5 nitrogen and oxygen atoms in total. The maximum absolute atomic E-state index is 12.6. The van der Waals surface area contributed by atoms with Crippen LogP contribution in [0.1, 0.15) is 51.9 Å². The highest BCUT2D eigenvalue weighted by molar-refractivity contribution is 5.75. The fourth-order valence-corrected chi connectivity index (χ4v) is 4.63. The van der Waals surface area contributed by atoms with Gasteiger partial charge in [-0.2, -0.15) is 0 Å². The first kappa shape index (κ1) is 17.0. The van der Waals surface area contributed by atoms with Crippen LogP contribution in [-0.2, 0) is 4.74 Å². The third-order valence-electron chi connectivity index (χ3n) is 5.86. The normalized spacial score (nSPS) is 31.9. The maximum Gasteiger partial charge on any atom is 0.317 e. The van der Waals surface area contributed by atoms with Crippen molar-refractivity contribution < 1.29 is 9.53 Å². The molecule has 3 aliphatic rings. The molecule has 3 atom stereocenters. The van der Waals surface area contributed by atoms with Crippen molar-refractivity contribution in [2.75, 3.05) is 39.4 Å². The van der Waals surface area contributed by atoms with Crippen molar-refractivity contribution >= 4 is 6.03 Å². The molecular weight excluding hydrogens is 290 g/mol. The predicted octanol–water partition coefficient (Wildman–Crippen LogP) is 2.46. The number of urea groups is 1. The van der Waals surface area contributed by atoms with Gasteiger partial charge in [0.2, 0.25) is 0 Å². The molecule has 3 fully saturated rings. The molecule has 0 aromatic rings. The SMILES string of the molecule is CC1CC2CCCCC2N1C(=O)NCCCCN1CCOCC1. The Balaban J connectivity index is 1.34. The fourth-order valence-electron chi connectivity index (χ4n) is 4.63. The molecule has 0 radical (unpaired) electrons. The first-order chi connectivity index (χ1) is 11.3. The van der Waals surface area contributed by atoms with Gasteiger partial charge in [-0.05, 0) is 51.5 Å². The summed E-state index contributed by atoms with van der Waals surface area (Å²) in [5.74, 6) is 0.755. The van der Waals surface area contributed by atoms with Gasteiger partial charge >= 0.3 is 6.03 Å². The summed E-state index contributed by atoms with van der Waals surface area (Å²) >= 11 is 0. The van der Waals surface area contributed by atoms with Crippen LogP contribution in [-0.4, -0.2) is 67.3 Å². The van der Waals surface area contributed by atoms with Crippen LogP contribution in [0.25, 0.3) is 0 Å². The standard InChI is InChI=1S/C18H33N3O2/c1-15-14-16-6-2-3-7-17(16)21(15)18(22)19-8-4-5-9-20-10-12-23-13-11-20/h15-17H,2-14H2,1H3,(H,19,22). The summed E-state index contributed by atoms with van der Waals surface area (Å²) in [5, 5.41) is 3.17. The molecule has 0 bridgehead atoms. The van der Waals surface area contributed by atoms with Crippen molar-refractivity contribution in [2.24, 2.45) is 5.92 Å². The molecule has 2 heterocycles. The Hall–Kier alpha value is -0.810. The van der Waals surface area contributed by atoms with Crippen molar-refractivity contribution in [1.82, 2.24) is 15.1 Å². The molecular formula is C18H33N3O2. The van der Waals surface area contributed by atoms with Gasteiger partial charge in [-0.3, -0.25) is 4.90 Å². The molecule has 0 aromatic heterocycles. The first-order valence-electron chi connectivity index (χ1n) is 9.62. The lowest BCUT2D eigenvalue weighted by Gasteiger charge is -2.33. The minimum absolute atomic E-state index is 0.179. The average Bonchev–Trinajstić information content (AvgIpc) is 2.91. The quantitative estimate of drug-likeness (QED) is 0.791. The molecule has 1 aliphatic carbocycles. The molecule has 2 amide bonds. The Labute approximate surface area is 140 Å². The molecule has 3 unspecified atom stereocenters. The van der Waals surface area contributed by atoms with E-state index >= 15 is 0 Å². The first-order valence-corrected chi connectivity index (χ1v) is 9.62. The number of carbonyl (C=O) groups is 1. The van der Waals surface area contributed by atoms with Gasteiger partial charge < -0.3 is 15.0 Å². The smallest absolute Gasteiger partial charge is 0.317 e. The van der Waals surface area contributed by atoms with E-state index in [9.17, 15) is 4.79 Å². The summed E-state index contributed by atoms with van der Waals surface area (Å²) < 4.78 is 5.36. The van der Waals surface area contributed by atoms with Gasteiger partial charge in [0.25, 0.3) is 0 Å². The van der Waals surface area contributed by atoms with Gasteiger partial charge in [-0.15, -0.1) is 0 Å². The summed E-state index contributed by atoms with van der Waals surface area (Å²) in [6.07, 6.45) is 8.59. The maximum atomic E-state index is 12.6. The van der Waals surface area contributed by atoms with Gasteiger partial charge in [0.05, 0.1) is 13.2 Å². The third-order valence-corrected chi connectivity index (χ3v) is 5.86. The second kappa shape index (κ2) is 8.34. The van der Waals surface area contributed by atoms with E-state index in [-0.39, 0.29) is 6.03 Å². The summed E-state index contributed by atoms with van der Waals surface area (Å²) in [6.45, 7) is 8.00. The highest BCUT2D eigenvalue weighted by atomic mass is 16.5. The molecule has 132 valence electrons. The summed E-state index contributed by atoms with van der Waals surface area (Å²) in [7, 11) is 0. The van der Waals surface area contributed by atoms with Crippen molar-refractivity contribution in [1.29, 1.82) is 0 Å². The largest absolute Gasteiger partial charge is 0.379 e. The van der Waals surface area contributed by atoms with E-state index in [0.717, 1.165) is 58.2 Å². The second-order valence-corrected chi connectivity index (χ2v) is 7.50. The number of morpholine rings is 1. The lowest BCUT2D eigenvalue weighted by atomic mass is 9.85. The number of carbonyl (C=O) groups excluding carboxylic acids is 1. The van der Waals surface area contributed by atoms with E-state index in [0.29, 0.717) is 12.1 Å². The Morgan fingerprint density at radius 2 is 1.96 bits per heavy atom. The van der Waals surface area contributed by atoms with Crippen LogP contribution >= 0.6 is 0 Å². The van der Waals surface area contributed by atoms with E-state index in [4.69, 9.17) is 4.74 Å². The predicted molar refractivity (Wildman–Crippen MR) is 91.6 cm³/mol. The van der Waals surface area contributed by atoms with E-state index in [2.05, 4.69) is 22.0 Å². The number of likely N-dealkylation sites (tertiary alicyclic amines) is 1. The second-order valence-electron chi connectivity index (χ2n) is 7.50. The van der Waals surface area contributed by atoms with Crippen LogP contribution in [0.15, 0.2) is 0 Å². The van der Waals surface area contributed by atoms with Gasteiger partial charge in [0.1, 0.15) is 0 Å². The number of hydrogen-bond donors (Lipinski definition) is 1. The summed E-state index contributed by atoms with van der Waals surface area (Å²) in [5.41, 5.74) is 0. The van der Waals surface area contributed by atoms with Gasteiger partial charge in [0, 0.05) is 31.7 Å². The molecule has 3 rings (SSSR count). The van der Waals surface area contributed by atoms with Crippen LogP contribution in [0.4, 0.5) is 4.79 Å². The molecule has 1 N–H and O–H groups in total. The van der Waals surface area contributed by atoms with Gasteiger partial charge in [0.15, 0.2) is 0 Å². The minimum Gasteiger partial charge on any atom is -0.379 e. The summed E-state index contributed by atoms with van der Waals surface area (Å²) in [4.78, 5) is 17.2. The van der Waals surface area contributed by atoms with E-state index in [1.807, 2.05) is 0 Å². The van der Waals surface area contributed by atoms with Gasteiger partial charge in [-0.1, -0.05) is 12.8 Å². The van der Waals surface area contributed by atoms with Crippen molar-refractivity contribution in [2.45, 2.75) is 64.0 Å². The number of fused-ring (bicyclic) bond motifs is 1.